The molecular weight excluding hydrogens is 213 g/mol. The largest absolute Gasteiger partial charge is 0.480 e. The van der Waals surface area contributed by atoms with Crippen LogP contribution in [0.3, 0.4) is 0 Å². The number of rotatable bonds is 4. The number of nitrogens with two attached hydrogens (primary N) is 1. The Morgan fingerprint density at radius 2 is 2.06 bits per heavy atom. The predicted octanol–water partition coefficient (Wildman–Crippen LogP) is -1.21. The molecule has 6 nitrogen and oxygen atoms in total. The fourth-order valence-electron chi connectivity index (χ4n) is 2.23. The molecule has 0 aromatic heterocycles. The third-order valence-electron chi connectivity index (χ3n) is 3.30. The molecule has 3 atom stereocenters. The first-order valence-electron chi connectivity index (χ1n) is 5.42. The van der Waals surface area contributed by atoms with Crippen molar-refractivity contribution in [1.29, 1.82) is 0 Å². The van der Waals surface area contributed by atoms with Crippen LogP contribution in [0.15, 0.2) is 0 Å². The van der Waals surface area contributed by atoms with Gasteiger partial charge in [0.1, 0.15) is 5.54 Å². The van der Waals surface area contributed by atoms with Gasteiger partial charge in [-0.15, -0.1) is 0 Å². The van der Waals surface area contributed by atoms with E-state index in [4.69, 9.17) is 20.9 Å². The second-order valence-corrected chi connectivity index (χ2v) is 4.57. The standard InChI is InChI=1S/C9H18BNO5/c11-9(8(13)14)5-6(1-2-7(9)12)3-4-10(15)16/h6-7,12,15-16H,1-5,11H2,(H,13,14)/t6-,7?,9+/m0/s1. The summed E-state index contributed by atoms with van der Waals surface area (Å²) in [6.45, 7) is 0. The summed E-state index contributed by atoms with van der Waals surface area (Å²) in [6.07, 6.45) is 0.874. The highest BCUT2D eigenvalue weighted by Crippen LogP contribution is 2.34. The van der Waals surface area contributed by atoms with E-state index in [0.29, 0.717) is 19.3 Å². The molecule has 1 rings (SSSR count). The monoisotopic (exact) mass is 231 g/mol. The molecule has 16 heavy (non-hydrogen) atoms. The molecule has 0 amide bonds. The fraction of sp³-hybridized carbons (Fsp3) is 0.889. The van der Waals surface area contributed by atoms with Gasteiger partial charge in [-0.25, -0.2) is 0 Å². The van der Waals surface area contributed by atoms with Crippen molar-refractivity contribution in [2.24, 2.45) is 11.7 Å². The lowest BCUT2D eigenvalue weighted by molar-refractivity contribution is -0.151. The van der Waals surface area contributed by atoms with Crippen molar-refractivity contribution in [2.45, 2.75) is 43.6 Å². The number of aliphatic carboxylic acids is 1. The molecule has 1 saturated carbocycles. The zero-order valence-electron chi connectivity index (χ0n) is 9.04. The van der Waals surface area contributed by atoms with Crippen LogP contribution in [0.4, 0.5) is 0 Å². The molecule has 1 fully saturated rings. The molecule has 0 radical (unpaired) electrons. The average molecular weight is 231 g/mol. The third kappa shape index (κ3) is 2.94. The number of carboxylic acids is 1. The molecule has 1 aliphatic carbocycles. The Morgan fingerprint density at radius 3 is 2.56 bits per heavy atom. The highest BCUT2D eigenvalue weighted by molar-refractivity contribution is 6.40. The van der Waals surface area contributed by atoms with Crippen LogP contribution in [0.1, 0.15) is 25.7 Å². The maximum Gasteiger partial charge on any atom is 0.451 e. The van der Waals surface area contributed by atoms with Crippen LogP contribution >= 0.6 is 0 Å². The summed E-state index contributed by atoms with van der Waals surface area (Å²) in [4.78, 5) is 11.0. The highest BCUT2D eigenvalue weighted by Gasteiger charge is 2.46. The van der Waals surface area contributed by atoms with Crippen molar-refractivity contribution >= 4 is 13.1 Å². The van der Waals surface area contributed by atoms with Gasteiger partial charge in [-0.3, -0.25) is 4.79 Å². The minimum Gasteiger partial charge on any atom is -0.480 e. The van der Waals surface area contributed by atoms with E-state index < -0.39 is 24.7 Å². The van der Waals surface area contributed by atoms with E-state index in [1.54, 1.807) is 0 Å². The Hall–Kier alpha value is -0.625. The number of aliphatic hydroxyl groups is 1. The van der Waals surface area contributed by atoms with Crippen molar-refractivity contribution < 1.29 is 25.1 Å². The van der Waals surface area contributed by atoms with Crippen LogP contribution < -0.4 is 5.73 Å². The summed E-state index contributed by atoms with van der Waals surface area (Å²) in [5.74, 6) is -1.18. The normalized spacial score (nSPS) is 34.8. The predicted molar refractivity (Wildman–Crippen MR) is 57.5 cm³/mol. The maximum absolute atomic E-state index is 11.0. The second-order valence-electron chi connectivity index (χ2n) is 4.57. The fourth-order valence-corrected chi connectivity index (χ4v) is 2.23. The van der Waals surface area contributed by atoms with Gasteiger partial charge in [0.25, 0.3) is 0 Å². The van der Waals surface area contributed by atoms with E-state index in [0.717, 1.165) is 0 Å². The van der Waals surface area contributed by atoms with Gasteiger partial charge in [-0.05, 0) is 31.5 Å². The molecule has 6 N–H and O–H groups in total. The molecule has 1 unspecified atom stereocenters. The lowest BCUT2D eigenvalue weighted by Crippen LogP contribution is -2.60. The van der Waals surface area contributed by atoms with Crippen LogP contribution in [-0.2, 0) is 4.79 Å². The SMILES string of the molecule is N[C@]1(C(=O)O)C[C@H](CCB(O)O)CCC1O. The minimum absolute atomic E-state index is 0.0197. The Labute approximate surface area is 94.2 Å². The minimum atomic E-state index is -1.59. The van der Waals surface area contributed by atoms with E-state index in [2.05, 4.69) is 0 Å². The topological polar surface area (TPSA) is 124 Å². The second kappa shape index (κ2) is 5.14. The summed E-state index contributed by atoms with van der Waals surface area (Å²) in [7, 11) is -1.37. The van der Waals surface area contributed by atoms with E-state index >= 15 is 0 Å². The van der Waals surface area contributed by atoms with Gasteiger partial charge in [-0.2, -0.15) is 0 Å². The van der Waals surface area contributed by atoms with Gasteiger partial charge in [-0.1, -0.05) is 6.42 Å². The Kier molecular flexibility index (Phi) is 4.31. The number of aliphatic hydroxyl groups excluding tert-OH is 1. The number of hydrogen-bond acceptors (Lipinski definition) is 5. The molecule has 0 saturated heterocycles. The molecule has 0 spiro atoms. The van der Waals surface area contributed by atoms with E-state index in [9.17, 15) is 9.90 Å². The van der Waals surface area contributed by atoms with Crippen molar-refractivity contribution in [3.05, 3.63) is 0 Å². The van der Waals surface area contributed by atoms with Crippen LogP contribution in [0.2, 0.25) is 6.32 Å². The Bertz CT molecular complexity index is 262. The molecule has 7 heteroatoms. The van der Waals surface area contributed by atoms with Crippen LogP contribution in [0.5, 0.6) is 0 Å². The Morgan fingerprint density at radius 1 is 1.44 bits per heavy atom. The first-order chi connectivity index (χ1) is 7.36. The third-order valence-corrected chi connectivity index (χ3v) is 3.30. The van der Waals surface area contributed by atoms with Gasteiger partial charge in [0.05, 0.1) is 6.10 Å². The molecule has 0 bridgehead atoms. The van der Waals surface area contributed by atoms with Crippen molar-refractivity contribution in [3.8, 4) is 0 Å². The lowest BCUT2D eigenvalue weighted by Gasteiger charge is -2.38. The molecule has 1 aliphatic rings. The molecule has 92 valence electrons. The van der Waals surface area contributed by atoms with E-state index in [-0.39, 0.29) is 18.7 Å². The first kappa shape index (κ1) is 13.4. The van der Waals surface area contributed by atoms with E-state index in [1.165, 1.54) is 0 Å². The average Bonchev–Trinajstić information content (AvgIpc) is 2.19. The van der Waals surface area contributed by atoms with Crippen LogP contribution in [0, 0.1) is 5.92 Å². The highest BCUT2D eigenvalue weighted by atomic mass is 16.4. The number of carbonyl (C=O) groups is 1. The summed E-state index contributed by atoms with van der Waals surface area (Å²) in [5, 5.41) is 36.0. The lowest BCUT2D eigenvalue weighted by atomic mass is 9.70. The maximum atomic E-state index is 11.0. The zero-order valence-corrected chi connectivity index (χ0v) is 9.04. The Balaban J connectivity index is 2.57. The summed E-state index contributed by atoms with van der Waals surface area (Å²) >= 11 is 0. The van der Waals surface area contributed by atoms with Crippen LogP contribution in [0.25, 0.3) is 0 Å². The van der Waals surface area contributed by atoms with Gasteiger partial charge >= 0.3 is 13.1 Å². The number of carboxylic acid groups (broad SMARTS) is 1. The van der Waals surface area contributed by atoms with Gasteiger partial charge in [0.15, 0.2) is 0 Å². The zero-order chi connectivity index (χ0) is 12.3. The molecule has 0 aromatic carbocycles. The number of hydrogen-bond donors (Lipinski definition) is 5. The van der Waals surface area contributed by atoms with Crippen molar-refractivity contribution in [1.82, 2.24) is 0 Å². The quantitative estimate of drug-likeness (QED) is 0.387. The van der Waals surface area contributed by atoms with Gasteiger partial charge in [0.2, 0.25) is 0 Å². The summed E-state index contributed by atoms with van der Waals surface area (Å²) in [6, 6.07) is 0. The molecule has 0 heterocycles. The summed E-state index contributed by atoms with van der Waals surface area (Å²) in [5.41, 5.74) is 4.07. The molecule has 0 aliphatic heterocycles. The first-order valence-corrected chi connectivity index (χ1v) is 5.42. The smallest absolute Gasteiger partial charge is 0.451 e. The summed E-state index contributed by atoms with van der Waals surface area (Å²) < 4.78 is 0. The van der Waals surface area contributed by atoms with Gasteiger partial charge < -0.3 is 26.0 Å². The van der Waals surface area contributed by atoms with Crippen molar-refractivity contribution in [3.63, 3.8) is 0 Å². The van der Waals surface area contributed by atoms with Crippen molar-refractivity contribution in [2.75, 3.05) is 0 Å². The molecule has 0 aromatic rings. The molecular formula is C9H18BNO5. The van der Waals surface area contributed by atoms with Gasteiger partial charge in [0, 0.05) is 0 Å². The van der Waals surface area contributed by atoms with E-state index in [1.807, 2.05) is 0 Å². The van der Waals surface area contributed by atoms with Crippen LogP contribution in [-0.4, -0.2) is 45.0 Å².